The number of halogens is 2. The predicted molar refractivity (Wildman–Crippen MR) is 69.4 cm³/mol. The Morgan fingerprint density at radius 1 is 1.31 bits per heavy atom. The van der Waals surface area contributed by atoms with Crippen LogP contribution in [0.4, 0.5) is 0 Å². The molecule has 84 valence electrons. The lowest BCUT2D eigenvalue weighted by Gasteiger charge is -2.02. The second kappa shape index (κ2) is 4.70. The van der Waals surface area contributed by atoms with Gasteiger partial charge >= 0.3 is 0 Å². The summed E-state index contributed by atoms with van der Waals surface area (Å²) in [5.74, 6) is 0. The molecule has 0 saturated carbocycles. The van der Waals surface area contributed by atoms with Crippen LogP contribution in [0, 0.1) is 6.92 Å². The van der Waals surface area contributed by atoms with E-state index in [1.165, 1.54) is 11.3 Å². The van der Waals surface area contributed by atoms with E-state index in [9.17, 15) is 0 Å². The van der Waals surface area contributed by atoms with E-state index in [-0.39, 0.29) is 5.38 Å². The normalized spacial score (nSPS) is 12.8. The van der Waals surface area contributed by atoms with Crippen molar-refractivity contribution in [3.8, 4) is 10.6 Å². The van der Waals surface area contributed by atoms with Gasteiger partial charge < -0.3 is 0 Å². The van der Waals surface area contributed by atoms with Crippen LogP contribution in [0.5, 0.6) is 0 Å². The minimum absolute atomic E-state index is 0.106. The van der Waals surface area contributed by atoms with Crippen LogP contribution in [0.15, 0.2) is 18.2 Å². The summed E-state index contributed by atoms with van der Waals surface area (Å²) in [4.78, 5) is 0. The molecule has 1 atom stereocenters. The Bertz CT molecular complexity index is 508. The third kappa shape index (κ3) is 2.21. The molecule has 0 amide bonds. The molecule has 2 aromatic rings. The lowest BCUT2D eigenvalue weighted by Crippen LogP contribution is -1.83. The van der Waals surface area contributed by atoms with Gasteiger partial charge in [0.25, 0.3) is 0 Å². The predicted octanol–water partition coefficient (Wildman–Crippen LogP) is 4.47. The van der Waals surface area contributed by atoms with E-state index in [4.69, 9.17) is 23.2 Å². The molecule has 2 nitrogen and oxygen atoms in total. The Morgan fingerprint density at radius 3 is 2.69 bits per heavy atom. The van der Waals surface area contributed by atoms with Crippen molar-refractivity contribution in [2.24, 2.45) is 0 Å². The van der Waals surface area contributed by atoms with Gasteiger partial charge in [0.1, 0.15) is 10.0 Å². The summed E-state index contributed by atoms with van der Waals surface area (Å²) in [5, 5.41) is 10.5. The van der Waals surface area contributed by atoms with E-state index in [1.807, 2.05) is 32.0 Å². The van der Waals surface area contributed by atoms with Gasteiger partial charge in [0.05, 0.1) is 5.38 Å². The standard InChI is InChI=1S/C11H10Cl2N2S/c1-6-8(4-3-5-9(6)13)11-15-14-10(16-11)7(2)12/h3-5,7H,1-2H3. The number of nitrogens with zero attached hydrogens (tertiary/aromatic N) is 2. The Balaban J connectivity index is 2.47. The first kappa shape index (κ1) is 11.8. The fourth-order valence-corrected chi connectivity index (χ4v) is 2.55. The van der Waals surface area contributed by atoms with Crippen LogP contribution >= 0.6 is 34.5 Å². The Hall–Kier alpha value is -0.640. The third-order valence-corrected chi connectivity index (χ3v) is 4.16. The molecule has 0 radical (unpaired) electrons. The van der Waals surface area contributed by atoms with Crippen LogP contribution in [-0.4, -0.2) is 10.2 Å². The second-order valence-electron chi connectivity index (χ2n) is 3.47. The zero-order valence-electron chi connectivity index (χ0n) is 8.87. The van der Waals surface area contributed by atoms with Crippen molar-refractivity contribution in [1.29, 1.82) is 0 Å². The maximum absolute atomic E-state index is 6.06. The highest BCUT2D eigenvalue weighted by atomic mass is 35.5. The van der Waals surface area contributed by atoms with E-state index in [2.05, 4.69) is 10.2 Å². The van der Waals surface area contributed by atoms with Gasteiger partial charge in [0, 0.05) is 10.6 Å². The van der Waals surface area contributed by atoms with Gasteiger partial charge in [0.2, 0.25) is 0 Å². The maximum Gasteiger partial charge on any atom is 0.148 e. The van der Waals surface area contributed by atoms with Crippen LogP contribution in [-0.2, 0) is 0 Å². The van der Waals surface area contributed by atoms with Crippen molar-refractivity contribution >= 4 is 34.5 Å². The highest BCUT2D eigenvalue weighted by molar-refractivity contribution is 7.15. The molecule has 1 unspecified atom stereocenters. The van der Waals surface area contributed by atoms with Crippen molar-refractivity contribution in [3.63, 3.8) is 0 Å². The first-order valence-corrected chi connectivity index (χ1v) is 6.45. The van der Waals surface area contributed by atoms with Gasteiger partial charge in [-0.2, -0.15) is 0 Å². The Labute approximate surface area is 108 Å². The molecule has 0 fully saturated rings. The molecule has 1 heterocycles. The zero-order valence-corrected chi connectivity index (χ0v) is 11.2. The highest BCUT2D eigenvalue weighted by Crippen LogP contribution is 2.33. The average molecular weight is 273 g/mol. The number of hydrogen-bond acceptors (Lipinski definition) is 3. The fraction of sp³-hybridized carbons (Fsp3) is 0.273. The Morgan fingerprint density at radius 2 is 2.06 bits per heavy atom. The van der Waals surface area contributed by atoms with Gasteiger partial charge in [-0.1, -0.05) is 35.1 Å². The van der Waals surface area contributed by atoms with Crippen LogP contribution in [0.25, 0.3) is 10.6 Å². The summed E-state index contributed by atoms with van der Waals surface area (Å²) in [5.41, 5.74) is 2.04. The molecule has 16 heavy (non-hydrogen) atoms. The topological polar surface area (TPSA) is 25.8 Å². The molecule has 0 aliphatic carbocycles. The molecule has 0 aliphatic heterocycles. The van der Waals surface area contributed by atoms with E-state index in [0.717, 1.165) is 26.2 Å². The van der Waals surface area contributed by atoms with Crippen molar-refractivity contribution in [2.45, 2.75) is 19.2 Å². The smallest absolute Gasteiger partial charge is 0.142 e. The number of hydrogen-bond donors (Lipinski definition) is 0. The van der Waals surface area contributed by atoms with E-state index in [0.29, 0.717) is 0 Å². The van der Waals surface area contributed by atoms with E-state index >= 15 is 0 Å². The minimum atomic E-state index is -0.106. The van der Waals surface area contributed by atoms with E-state index < -0.39 is 0 Å². The van der Waals surface area contributed by atoms with Crippen molar-refractivity contribution in [2.75, 3.05) is 0 Å². The summed E-state index contributed by atoms with van der Waals surface area (Å²) < 4.78 is 0. The average Bonchev–Trinajstić information content (AvgIpc) is 2.71. The SMILES string of the molecule is Cc1c(Cl)cccc1-c1nnc(C(C)Cl)s1. The summed E-state index contributed by atoms with van der Waals surface area (Å²) >= 11 is 13.5. The molecule has 0 N–H and O–H groups in total. The number of aromatic nitrogens is 2. The maximum atomic E-state index is 6.06. The molecule has 0 spiro atoms. The van der Waals surface area contributed by atoms with Gasteiger partial charge in [-0.25, -0.2) is 0 Å². The quantitative estimate of drug-likeness (QED) is 0.754. The summed E-state index contributed by atoms with van der Waals surface area (Å²) in [7, 11) is 0. The van der Waals surface area contributed by atoms with Crippen LogP contribution in [0.2, 0.25) is 5.02 Å². The molecule has 2 rings (SSSR count). The molecule has 0 aliphatic rings. The Kier molecular flexibility index (Phi) is 3.47. The minimum Gasteiger partial charge on any atom is -0.142 e. The first-order chi connectivity index (χ1) is 7.59. The molecule has 0 bridgehead atoms. The summed E-state index contributed by atoms with van der Waals surface area (Å²) in [6.07, 6.45) is 0. The van der Waals surface area contributed by atoms with E-state index in [1.54, 1.807) is 0 Å². The first-order valence-electron chi connectivity index (χ1n) is 4.82. The van der Waals surface area contributed by atoms with Gasteiger partial charge in [0.15, 0.2) is 0 Å². The van der Waals surface area contributed by atoms with Crippen molar-refractivity contribution in [3.05, 3.63) is 33.8 Å². The van der Waals surface area contributed by atoms with Gasteiger partial charge in [-0.3, -0.25) is 0 Å². The molecular weight excluding hydrogens is 263 g/mol. The second-order valence-corrected chi connectivity index (χ2v) is 5.54. The molecule has 5 heteroatoms. The number of benzene rings is 1. The van der Waals surface area contributed by atoms with Gasteiger partial charge in [-0.15, -0.1) is 21.8 Å². The number of alkyl halides is 1. The van der Waals surface area contributed by atoms with Crippen LogP contribution < -0.4 is 0 Å². The molecule has 1 aromatic carbocycles. The van der Waals surface area contributed by atoms with Crippen molar-refractivity contribution in [1.82, 2.24) is 10.2 Å². The highest BCUT2D eigenvalue weighted by Gasteiger charge is 2.13. The lowest BCUT2D eigenvalue weighted by atomic mass is 10.1. The summed E-state index contributed by atoms with van der Waals surface area (Å²) in [6, 6.07) is 5.77. The number of rotatable bonds is 2. The molecular formula is C11H10Cl2N2S. The zero-order chi connectivity index (χ0) is 11.7. The monoisotopic (exact) mass is 272 g/mol. The largest absolute Gasteiger partial charge is 0.148 e. The van der Waals surface area contributed by atoms with Crippen molar-refractivity contribution < 1.29 is 0 Å². The third-order valence-electron chi connectivity index (χ3n) is 2.28. The fourth-order valence-electron chi connectivity index (χ4n) is 1.34. The van der Waals surface area contributed by atoms with Crippen LogP contribution in [0.1, 0.15) is 22.9 Å². The lowest BCUT2D eigenvalue weighted by molar-refractivity contribution is 0.962. The van der Waals surface area contributed by atoms with Gasteiger partial charge in [-0.05, 0) is 25.5 Å². The molecule has 0 saturated heterocycles. The summed E-state index contributed by atoms with van der Waals surface area (Å²) in [6.45, 7) is 3.86. The molecule has 1 aromatic heterocycles. The van der Waals surface area contributed by atoms with Crippen LogP contribution in [0.3, 0.4) is 0 Å².